The molecule has 0 radical (unpaired) electrons. The summed E-state index contributed by atoms with van der Waals surface area (Å²) in [6.45, 7) is -0.0210. The highest BCUT2D eigenvalue weighted by Crippen LogP contribution is 2.40. The molecular formula is C22H22F3N3O6S. The summed E-state index contributed by atoms with van der Waals surface area (Å²) >= 11 is 0. The second-order valence-corrected chi connectivity index (χ2v) is 10.1. The molecule has 1 aliphatic carbocycles. The van der Waals surface area contributed by atoms with Crippen LogP contribution in [0.3, 0.4) is 0 Å². The Hall–Kier alpha value is -3.48. The highest BCUT2D eigenvalue weighted by molar-refractivity contribution is 7.92. The van der Waals surface area contributed by atoms with Gasteiger partial charge < -0.3 is 15.2 Å². The molecule has 13 heteroatoms. The molecule has 1 atom stereocenters. The van der Waals surface area contributed by atoms with E-state index in [0.717, 1.165) is 35.3 Å². The van der Waals surface area contributed by atoms with E-state index in [2.05, 4.69) is 10.6 Å². The van der Waals surface area contributed by atoms with Gasteiger partial charge in [0.1, 0.15) is 11.9 Å². The first kappa shape index (κ1) is 24.6. The van der Waals surface area contributed by atoms with Gasteiger partial charge >= 0.3 is 12.3 Å². The van der Waals surface area contributed by atoms with Crippen LogP contribution in [-0.2, 0) is 21.0 Å². The number of nitrogens with zero attached hydrogens (tertiary/aromatic N) is 1. The second kappa shape index (κ2) is 9.29. The Labute approximate surface area is 198 Å². The summed E-state index contributed by atoms with van der Waals surface area (Å²) in [5.74, 6) is 0.0289. The van der Waals surface area contributed by atoms with Crippen molar-refractivity contribution < 1.29 is 41.0 Å². The van der Waals surface area contributed by atoms with Gasteiger partial charge in [-0.15, -0.1) is 0 Å². The Kier molecular flexibility index (Phi) is 6.54. The maximum absolute atomic E-state index is 13.5. The number of amides is 2. The van der Waals surface area contributed by atoms with E-state index in [9.17, 15) is 31.2 Å². The third-order valence-corrected chi connectivity index (χ3v) is 7.38. The number of nitrogens with one attached hydrogen (secondary N) is 2. The first-order valence-electron chi connectivity index (χ1n) is 10.7. The topological polar surface area (TPSA) is 125 Å². The fourth-order valence-electron chi connectivity index (χ4n) is 3.70. The van der Waals surface area contributed by atoms with Gasteiger partial charge in [0, 0.05) is 24.6 Å². The van der Waals surface area contributed by atoms with Gasteiger partial charge in [-0.3, -0.25) is 14.4 Å². The van der Waals surface area contributed by atoms with Crippen LogP contribution in [0.4, 0.5) is 29.3 Å². The molecule has 2 amide bonds. The molecule has 188 valence electrons. The van der Waals surface area contributed by atoms with E-state index >= 15 is 0 Å². The van der Waals surface area contributed by atoms with Crippen molar-refractivity contribution in [1.82, 2.24) is 5.32 Å². The number of halogens is 3. The number of ether oxygens (including phenoxy) is 1. The number of sulfonamides is 1. The van der Waals surface area contributed by atoms with E-state index in [1.165, 1.54) is 18.2 Å². The monoisotopic (exact) mass is 513 g/mol. The molecule has 0 saturated heterocycles. The van der Waals surface area contributed by atoms with Gasteiger partial charge in [-0.1, -0.05) is 6.07 Å². The number of rotatable bonds is 7. The first-order valence-corrected chi connectivity index (χ1v) is 12.2. The predicted molar refractivity (Wildman–Crippen MR) is 119 cm³/mol. The van der Waals surface area contributed by atoms with Crippen molar-refractivity contribution in [2.75, 3.05) is 22.7 Å². The van der Waals surface area contributed by atoms with Gasteiger partial charge in [0.15, 0.2) is 0 Å². The minimum atomic E-state index is -4.74. The fourth-order valence-corrected chi connectivity index (χ4v) is 5.24. The molecule has 2 aromatic rings. The van der Waals surface area contributed by atoms with E-state index in [1.807, 2.05) is 0 Å². The van der Waals surface area contributed by atoms with Gasteiger partial charge in [-0.2, -0.15) is 13.2 Å². The number of carbonyl (C=O) groups excluding carboxylic acids is 1. The van der Waals surface area contributed by atoms with Crippen molar-refractivity contribution in [2.45, 2.75) is 36.4 Å². The second-order valence-electron chi connectivity index (χ2n) is 8.27. The van der Waals surface area contributed by atoms with Crippen molar-refractivity contribution in [2.24, 2.45) is 5.92 Å². The molecule has 1 unspecified atom stereocenters. The van der Waals surface area contributed by atoms with Crippen LogP contribution in [-0.4, -0.2) is 44.7 Å². The number of benzene rings is 2. The van der Waals surface area contributed by atoms with Crippen LogP contribution < -0.4 is 19.7 Å². The lowest BCUT2D eigenvalue weighted by molar-refractivity contribution is -0.137. The van der Waals surface area contributed by atoms with Crippen LogP contribution in [0, 0.1) is 5.92 Å². The predicted octanol–water partition coefficient (Wildman–Crippen LogP) is 3.67. The lowest BCUT2D eigenvalue weighted by Crippen LogP contribution is -2.45. The molecule has 3 N–H and O–H groups in total. The van der Waals surface area contributed by atoms with Crippen molar-refractivity contribution in [1.29, 1.82) is 0 Å². The van der Waals surface area contributed by atoms with Crippen molar-refractivity contribution >= 4 is 33.4 Å². The number of carbonyl (C=O) groups is 2. The quantitative estimate of drug-likeness (QED) is 0.519. The summed E-state index contributed by atoms with van der Waals surface area (Å²) in [4.78, 5) is 22.3. The normalized spacial score (nSPS) is 17.8. The summed E-state index contributed by atoms with van der Waals surface area (Å²) in [6, 6.07) is 7.37. The molecule has 1 fully saturated rings. The van der Waals surface area contributed by atoms with E-state index in [1.54, 1.807) is 0 Å². The third kappa shape index (κ3) is 5.61. The molecular weight excluding hydrogens is 491 g/mol. The molecule has 0 bridgehead atoms. The van der Waals surface area contributed by atoms with Crippen LogP contribution in [0.2, 0.25) is 0 Å². The first-order chi connectivity index (χ1) is 16.4. The summed E-state index contributed by atoms with van der Waals surface area (Å²) in [7, 11) is -4.49. The minimum absolute atomic E-state index is 0.000872. The Morgan fingerprint density at radius 1 is 1.14 bits per heavy atom. The fraction of sp³-hybridized carbons (Fsp3) is 0.364. The van der Waals surface area contributed by atoms with Gasteiger partial charge in [-0.25, -0.2) is 13.2 Å². The van der Waals surface area contributed by atoms with E-state index < -0.39 is 38.9 Å². The summed E-state index contributed by atoms with van der Waals surface area (Å²) in [5.41, 5.74) is -1.08. The van der Waals surface area contributed by atoms with Crippen molar-refractivity contribution in [3.8, 4) is 5.75 Å². The summed E-state index contributed by atoms with van der Waals surface area (Å²) < 4.78 is 73.4. The number of fused-ring (bicyclic) bond motifs is 1. The molecule has 0 aromatic heterocycles. The van der Waals surface area contributed by atoms with Gasteiger partial charge in [-0.05, 0) is 49.2 Å². The Morgan fingerprint density at radius 3 is 2.54 bits per heavy atom. The lowest BCUT2D eigenvalue weighted by Gasteiger charge is -2.36. The zero-order valence-electron chi connectivity index (χ0n) is 18.2. The zero-order valence-corrected chi connectivity index (χ0v) is 19.0. The molecule has 1 saturated carbocycles. The SMILES string of the molecule is O=C(O)Nc1ccc2c(c1)N(S(=O)(=O)c1cccc(C(F)(F)F)c1)CC(CCNC(=O)C1CC1)O2. The standard InChI is InChI=1S/C22H22F3N3O6S/c23-22(24,25)14-2-1-3-17(10-14)35(32,33)28-12-16(8-9-26-20(29)13-4-5-13)34-19-7-6-15(11-18(19)28)27-21(30)31/h1-3,6-7,10-11,13,16,27H,4-5,8-9,12H2,(H,26,29)(H,30,31). The average molecular weight is 513 g/mol. The third-order valence-electron chi connectivity index (χ3n) is 5.61. The number of carboxylic acid groups (broad SMARTS) is 1. The van der Waals surface area contributed by atoms with Gasteiger partial charge in [0.05, 0.1) is 22.7 Å². The van der Waals surface area contributed by atoms with Gasteiger partial charge in [0.2, 0.25) is 5.91 Å². The highest BCUT2D eigenvalue weighted by Gasteiger charge is 2.37. The summed E-state index contributed by atoms with van der Waals surface area (Å²) in [5, 5.41) is 13.9. The number of hydrogen-bond donors (Lipinski definition) is 3. The van der Waals surface area contributed by atoms with Crippen molar-refractivity contribution in [3.05, 3.63) is 48.0 Å². The number of alkyl halides is 3. The van der Waals surface area contributed by atoms with Crippen LogP contribution in [0.5, 0.6) is 5.75 Å². The average Bonchev–Trinajstić information content (AvgIpc) is 3.63. The summed E-state index contributed by atoms with van der Waals surface area (Å²) in [6.07, 6.45) is -4.92. The molecule has 2 aromatic carbocycles. The van der Waals surface area contributed by atoms with Crippen LogP contribution in [0.15, 0.2) is 47.4 Å². The molecule has 35 heavy (non-hydrogen) atoms. The van der Waals surface area contributed by atoms with E-state index in [4.69, 9.17) is 9.84 Å². The minimum Gasteiger partial charge on any atom is -0.486 e. The highest BCUT2D eigenvalue weighted by atomic mass is 32.2. The maximum Gasteiger partial charge on any atom is 0.416 e. The Balaban J connectivity index is 1.65. The zero-order chi connectivity index (χ0) is 25.4. The molecule has 1 aliphatic heterocycles. The number of anilines is 2. The molecule has 9 nitrogen and oxygen atoms in total. The Morgan fingerprint density at radius 2 is 1.89 bits per heavy atom. The lowest BCUT2D eigenvalue weighted by atomic mass is 10.1. The smallest absolute Gasteiger partial charge is 0.416 e. The van der Waals surface area contributed by atoms with Crippen molar-refractivity contribution in [3.63, 3.8) is 0 Å². The molecule has 0 spiro atoms. The molecule has 4 rings (SSSR count). The molecule has 1 heterocycles. The van der Waals surface area contributed by atoms with Crippen LogP contribution in [0.1, 0.15) is 24.8 Å². The van der Waals surface area contributed by atoms with Crippen LogP contribution in [0.25, 0.3) is 0 Å². The largest absolute Gasteiger partial charge is 0.486 e. The van der Waals surface area contributed by atoms with E-state index in [0.29, 0.717) is 6.07 Å². The Bertz CT molecular complexity index is 1250. The number of hydrogen-bond acceptors (Lipinski definition) is 5. The van der Waals surface area contributed by atoms with Gasteiger partial charge in [0.25, 0.3) is 10.0 Å². The molecule has 2 aliphatic rings. The van der Waals surface area contributed by atoms with E-state index in [-0.39, 0.29) is 48.5 Å². The maximum atomic E-state index is 13.5. The van der Waals surface area contributed by atoms with Crippen LogP contribution >= 0.6 is 0 Å².